The summed E-state index contributed by atoms with van der Waals surface area (Å²) in [5, 5.41) is 2.77. The molecule has 0 saturated carbocycles. The Kier molecular flexibility index (Phi) is 4.88. The Labute approximate surface area is 130 Å². The number of aryl methyl sites for hydroxylation is 1. The molecule has 2 aromatic carbocycles. The minimum absolute atomic E-state index is 0.273. The average molecular weight is 300 g/mol. The molecule has 1 atom stereocenters. The third-order valence-corrected chi connectivity index (χ3v) is 3.15. The zero-order chi connectivity index (χ0) is 16.1. The number of carbonyl (C=O) groups excluding carboxylic acids is 1. The fourth-order valence-electron chi connectivity index (χ4n) is 2.00. The van der Waals surface area contributed by atoms with Gasteiger partial charge >= 0.3 is 0 Å². The summed E-state index contributed by atoms with van der Waals surface area (Å²) in [5.74, 6) is 0.929. The van der Waals surface area contributed by atoms with Crippen LogP contribution in [0.3, 0.4) is 0 Å². The lowest BCUT2D eigenvalue weighted by Gasteiger charge is -2.16. The van der Waals surface area contributed by atoms with Crippen LogP contribution in [0.15, 0.2) is 42.5 Å². The Morgan fingerprint density at radius 2 is 2.00 bits per heavy atom. The lowest BCUT2D eigenvalue weighted by Crippen LogP contribution is -2.30. The van der Waals surface area contributed by atoms with Crippen molar-refractivity contribution in [1.82, 2.24) is 0 Å². The summed E-state index contributed by atoms with van der Waals surface area (Å²) in [7, 11) is 1.54. The average Bonchev–Trinajstić information content (AvgIpc) is 2.47. The monoisotopic (exact) mass is 300 g/mol. The van der Waals surface area contributed by atoms with Gasteiger partial charge in [-0.25, -0.2) is 0 Å². The van der Waals surface area contributed by atoms with E-state index in [0.29, 0.717) is 22.9 Å². The fourth-order valence-corrected chi connectivity index (χ4v) is 2.00. The molecular weight excluding hydrogens is 280 g/mol. The highest BCUT2D eigenvalue weighted by Crippen LogP contribution is 2.26. The smallest absolute Gasteiger partial charge is 0.265 e. The summed E-state index contributed by atoms with van der Waals surface area (Å²) in [6.07, 6.45) is -0.645. The van der Waals surface area contributed by atoms with E-state index < -0.39 is 6.10 Å². The summed E-state index contributed by atoms with van der Waals surface area (Å²) in [6, 6.07) is 12.6. The molecule has 1 amide bonds. The maximum absolute atomic E-state index is 12.2. The van der Waals surface area contributed by atoms with Gasteiger partial charge in [0.1, 0.15) is 11.5 Å². The number of amides is 1. The largest absolute Gasteiger partial charge is 0.495 e. The maximum atomic E-state index is 12.2. The van der Waals surface area contributed by atoms with E-state index in [9.17, 15) is 4.79 Å². The molecule has 0 fully saturated rings. The lowest BCUT2D eigenvalue weighted by molar-refractivity contribution is -0.122. The van der Waals surface area contributed by atoms with Crippen LogP contribution >= 0.6 is 0 Å². The van der Waals surface area contributed by atoms with Crippen LogP contribution in [0.2, 0.25) is 0 Å². The molecule has 3 N–H and O–H groups in total. The predicted molar refractivity (Wildman–Crippen MR) is 87.3 cm³/mol. The Morgan fingerprint density at radius 1 is 1.23 bits per heavy atom. The molecule has 0 spiro atoms. The minimum Gasteiger partial charge on any atom is -0.495 e. The molecule has 0 bridgehead atoms. The van der Waals surface area contributed by atoms with Crippen molar-refractivity contribution >= 4 is 17.3 Å². The number of methoxy groups -OCH3 is 1. The molecule has 0 aliphatic carbocycles. The third kappa shape index (κ3) is 3.91. The molecule has 0 saturated heterocycles. The highest BCUT2D eigenvalue weighted by molar-refractivity contribution is 5.95. The summed E-state index contributed by atoms with van der Waals surface area (Å²) in [6.45, 7) is 3.66. The first kappa shape index (κ1) is 15.7. The first-order valence-corrected chi connectivity index (χ1v) is 6.97. The number of rotatable bonds is 5. The second kappa shape index (κ2) is 6.85. The SMILES string of the molecule is COc1ccc(N)cc1NC(=O)C(C)Oc1cccc(C)c1. The Bertz CT molecular complexity index is 671. The number of carbonyl (C=O) groups is 1. The van der Waals surface area contributed by atoms with Crippen molar-refractivity contribution in [1.29, 1.82) is 0 Å². The zero-order valence-electron chi connectivity index (χ0n) is 12.9. The first-order chi connectivity index (χ1) is 10.5. The fraction of sp³-hybridized carbons (Fsp3) is 0.235. The number of ether oxygens (including phenoxy) is 2. The molecule has 2 rings (SSSR count). The van der Waals surface area contributed by atoms with E-state index in [1.54, 1.807) is 25.1 Å². The molecular formula is C17H20N2O3. The molecule has 1 unspecified atom stereocenters. The van der Waals surface area contributed by atoms with Crippen LogP contribution in [-0.4, -0.2) is 19.1 Å². The predicted octanol–water partition coefficient (Wildman–Crippen LogP) is 2.99. The van der Waals surface area contributed by atoms with E-state index in [1.165, 1.54) is 7.11 Å². The molecule has 0 radical (unpaired) electrons. The number of benzene rings is 2. The molecule has 5 nitrogen and oxygen atoms in total. The molecule has 0 aromatic heterocycles. The number of nitrogens with two attached hydrogens (primary N) is 1. The topological polar surface area (TPSA) is 73.6 Å². The van der Waals surface area contributed by atoms with Gasteiger partial charge in [-0.1, -0.05) is 12.1 Å². The molecule has 22 heavy (non-hydrogen) atoms. The molecule has 5 heteroatoms. The number of hydrogen-bond donors (Lipinski definition) is 2. The first-order valence-electron chi connectivity index (χ1n) is 6.97. The van der Waals surface area contributed by atoms with Crippen molar-refractivity contribution in [2.24, 2.45) is 0 Å². The Morgan fingerprint density at radius 3 is 2.68 bits per heavy atom. The Hall–Kier alpha value is -2.69. The second-order valence-corrected chi connectivity index (χ2v) is 5.03. The van der Waals surface area contributed by atoms with Crippen molar-refractivity contribution in [2.45, 2.75) is 20.0 Å². The molecule has 0 aliphatic rings. The summed E-state index contributed by atoms with van der Waals surface area (Å²) < 4.78 is 10.9. The van der Waals surface area contributed by atoms with Gasteiger partial charge in [-0.2, -0.15) is 0 Å². The quantitative estimate of drug-likeness (QED) is 0.833. The second-order valence-electron chi connectivity index (χ2n) is 5.03. The summed E-state index contributed by atoms with van der Waals surface area (Å²) in [4.78, 5) is 12.2. The zero-order valence-corrected chi connectivity index (χ0v) is 12.9. The normalized spacial score (nSPS) is 11.6. The van der Waals surface area contributed by atoms with Crippen LogP contribution in [0.25, 0.3) is 0 Å². The van der Waals surface area contributed by atoms with E-state index in [2.05, 4.69) is 5.32 Å². The van der Waals surface area contributed by atoms with E-state index in [0.717, 1.165) is 5.56 Å². The standard InChI is InChI=1S/C17H20N2O3/c1-11-5-4-6-14(9-11)22-12(2)17(20)19-15-10-13(18)7-8-16(15)21-3/h4-10,12H,18H2,1-3H3,(H,19,20). The number of nitrogen functional groups attached to an aromatic ring is 1. The molecule has 0 heterocycles. The van der Waals surface area contributed by atoms with Gasteiger partial charge in [0.05, 0.1) is 12.8 Å². The van der Waals surface area contributed by atoms with Crippen molar-refractivity contribution in [3.05, 3.63) is 48.0 Å². The van der Waals surface area contributed by atoms with Gasteiger partial charge in [0.2, 0.25) is 0 Å². The Balaban J connectivity index is 2.07. The van der Waals surface area contributed by atoms with Gasteiger partial charge < -0.3 is 20.5 Å². The highest BCUT2D eigenvalue weighted by Gasteiger charge is 2.17. The minimum atomic E-state index is -0.645. The van der Waals surface area contributed by atoms with Crippen LogP contribution in [0.4, 0.5) is 11.4 Å². The van der Waals surface area contributed by atoms with Gasteiger partial charge in [0.15, 0.2) is 6.10 Å². The van der Waals surface area contributed by atoms with E-state index in [4.69, 9.17) is 15.2 Å². The summed E-state index contributed by atoms with van der Waals surface area (Å²) in [5.41, 5.74) is 7.87. The number of anilines is 2. The van der Waals surface area contributed by atoms with E-state index >= 15 is 0 Å². The van der Waals surface area contributed by atoms with E-state index in [1.807, 2.05) is 31.2 Å². The lowest BCUT2D eigenvalue weighted by atomic mass is 10.2. The van der Waals surface area contributed by atoms with Gasteiger partial charge in [-0.3, -0.25) is 4.79 Å². The van der Waals surface area contributed by atoms with Crippen LogP contribution < -0.4 is 20.5 Å². The van der Waals surface area contributed by atoms with Gasteiger partial charge in [0.25, 0.3) is 5.91 Å². The third-order valence-electron chi connectivity index (χ3n) is 3.15. The molecule has 2 aromatic rings. The van der Waals surface area contributed by atoms with Gasteiger partial charge in [0, 0.05) is 5.69 Å². The van der Waals surface area contributed by atoms with Crippen LogP contribution in [0, 0.1) is 6.92 Å². The highest BCUT2D eigenvalue weighted by atomic mass is 16.5. The van der Waals surface area contributed by atoms with E-state index in [-0.39, 0.29) is 5.91 Å². The van der Waals surface area contributed by atoms with Crippen LogP contribution in [-0.2, 0) is 4.79 Å². The van der Waals surface area contributed by atoms with Crippen molar-refractivity contribution < 1.29 is 14.3 Å². The molecule has 0 aliphatic heterocycles. The maximum Gasteiger partial charge on any atom is 0.265 e. The van der Waals surface area contributed by atoms with Gasteiger partial charge in [-0.15, -0.1) is 0 Å². The number of nitrogens with one attached hydrogen (secondary N) is 1. The van der Waals surface area contributed by atoms with Crippen molar-refractivity contribution in [2.75, 3.05) is 18.2 Å². The summed E-state index contributed by atoms with van der Waals surface area (Å²) >= 11 is 0. The number of hydrogen-bond acceptors (Lipinski definition) is 4. The van der Waals surface area contributed by atoms with Crippen molar-refractivity contribution in [3.63, 3.8) is 0 Å². The van der Waals surface area contributed by atoms with Gasteiger partial charge in [-0.05, 0) is 49.7 Å². The molecule has 116 valence electrons. The van der Waals surface area contributed by atoms with Crippen LogP contribution in [0.1, 0.15) is 12.5 Å². The van der Waals surface area contributed by atoms with Crippen molar-refractivity contribution in [3.8, 4) is 11.5 Å². The van der Waals surface area contributed by atoms with Crippen LogP contribution in [0.5, 0.6) is 11.5 Å².